The molecule has 2 rings (SSSR count). The van der Waals surface area contributed by atoms with Crippen LogP contribution in [0.15, 0.2) is 54.6 Å². The van der Waals surface area contributed by atoms with E-state index in [0.29, 0.717) is 6.42 Å². The third-order valence-electron chi connectivity index (χ3n) is 3.31. The van der Waals surface area contributed by atoms with Crippen molar-refractivity contribution in [1.82, 2.24) is 0 Å². The minimum atomic E-state index is -1.87. The summed E-state index contributed by atoms with van der Waals surface area (Å²) in [5, 5.41) is 0. The molecule has 0 spiro atoms. The van der Waals surface area contributed by atoms with Gasteiger partial charge in [0.25, 0.3) is 0 Å². The van der Waals surface area contributed by atoms with Gasteiger partial charge in [0.05, 0.1) is 0 Å². The summed E-state index contributed by atoms with van der Waals surface area (Å²) in [5.74, 6) is 3.00. The van der Waals surface area contributed by atoms with Crippen LogP contribution >= 0.6 is 0 Å². The maximum atomic E-state index is 11.6. The fourth-order valence-corrected chi connectivity index (χ4v) is 2.70. The van der Waals surface area contributed by atoms with E-state index in [9.17, 15) is 4.21 Å². The first kappa shape index (κ1) is 18.2. The van der Waals surface area contributed by atoms with E-state index in [-0.39, 0.29) is 19.3 Å². The van der Waals surface area contributed by atoms with Gasteiger partial charge in [0.15, 0.2) is 0 Å². The monoisotopic (exact) mass is 344 g/mol. The molecule has 0 saturated carbocycles. The Labute approximate surface area is 145 Å². The van der Waals surface area contributed by atoms with Gasteiger partial charge in [-0.25, -0.2) is 0 Å². The molecule has 5 heteroatoms. The van der Waals surface area contributed by atoms with Crippen molar-refractivity contribution in [3.63, 3.8) is 0 Å². The molecule has 0 aliphatic heterocycles. The van der Waals surface area contributed by atoms with Crippen LogP contribution in [0.25, 0.3) is 11.1 Å². The van der Waals surface area contributed by atoms with Crippen molar-refractivity contribution in [3.05, 3.63) is 54.6 Å². The lowest BCUT2D eigenvalue weighted by Gasteiger charge is -2.17. The number of terminal acetylenes is 1. The predicted octanol–water partition coefficient (Wildman–Crippen LogP) is 3.76. The quantitative estimate of drug-likeness (QED) is 0.650. The second-order valence-corrected chi connectivity index (χ2v) is 5.81. The molecule has 0 fully saturated rings. The minimum Gasteiger partial charge on any atom is -0.490 e. The second-order valence-electron chi connectivity index (χ2n) is 4.97. The lowest BCUT2D eigenvalue weighted by atomic mass is 10.1. The summed E-state index contributed by atoms with van der Waals surface area (Å²) in [6.07, 6.45) is 5.34. The lowest BCUT2D eigenvalue weighted by Crippen LogP contribution is -2.23. The SMILES string of the molecule is C#CCOS(=O)OC(CC)COc1ccccc1-c1ccccc1. The minimum absolute atomic E-state index is 0.0548. The summed E-state index contributed by atoms with van der Waals surface area (Å²) in [6.45, 7) is 2.14. The summed E-state index contributed by atoms with van der Waals surface area (Å²) in [7, 11) is 0. The Morgan fingerprint density at radius 3 is 2.54 bits per heavy atom. The van der Waals surface area contributed by atoms with Crippen LogP contribution < -0.4 is 4.74 Å². The third kappa shape index (κ3) is 5.50. The summed E-state index contributed by atoms with van der Waals surface area (Å²) >= 11 is -1.87. The number of hydrogen-bond donors (Lipinski definition) is 0. The zero-order valence-corrected chi connectivity index (χ0v) is 14.3. The highest BCUT2D eigenvalue weighted by Crippen LogP contribution is 2.29. The highest BCUT2D eigenvalue weighted by atomic mass is 32.2. The van der Waals surface area contributed by atoms with Gasteiger partial charge in [0.2, 0.25) is 0 Å². The van der Waals surface area contributed by atoms with Crippen molar-refractivity contribution >= 4 is 11.4 Å². The number of rotatable bonds is 9. The lowest BCUT2D eigenvalue weighted by molar-refractivity contribution is 0.122. The van der Waals surface area contributed by atoms with Gasteiger partial charge in [-0.3, -0.25) is 8.37 Å². The molecule has 4 nitrogen and oxygen atoms in total. The zero-order chi connectivity index (χ0) is 17.2. The van der Waals surface area contributed by atoms with E-state index in [1.807, 2.05) is 61.5 Å². The van der Waals surface area contributed by atoms with Gasteiger partial charge in [0, 0.05) is 5.56 Å². The summed E-state index contributed by atoms with van der Waals surface area (Å²) in [4.78, 5) is 0. The van der Waals surface area contributed by atoms with Crippen molar-refractivity contribution in [2.75, 3.05) is 13.2 Å². The molecule has 0 heterocycles. The highest BCUT2D eigenvalue weighted by Gasteiger charge is 2.14. The zero-order valence-electron chi connectivity index (χ0n) is 13.5. The standard InChI is InChI=1S/C19H20O4S/c1-3-14-22-24(20)23-17(4-2)15-21-19-13-9-8-12-18(19)16-10-6-5-7-11-16/h1,5-13,17H,4,14-15H2,2H3. The number of para-hydroxylation sites is 1. The molecule has 24 heavy (non-hydrogen) atoms. The number of hydrogen-bond acceptors (Lipinski definition) is 4. The fraction of sp³-hybridized carbons (Fsp3) is 0.263. The molecule has 2 atom stereocenters. The van der Waals surface area contributed by atoms with E-state index >= 15 is 0 Å². The molecule has 0 aromatic heterocycles. The molecule has 2 unspecified atom stereocenters. The van der Waals surface area contributed by atoms with Crippen LogP contribution in [0.3, 0.4) is 0 Å². The molecule has 2 aromatic carbocycles. The average molecular weight is 344 g/mol. The first-order chi connectivity index (χ1) is 11.7. The normalized spacial score (nSPS) is 13.0. The Morgan fingerprint density at radius 2 is 1.83 bits per heavy atom. The Bertz CT molecular complexity index is 694. The van der Waals surface area contributed by atoms with Gasteiger partial charge in [-0.2, -0.15) is 4.21 Å². The molecular weight excluding hydrogens is 324 g/mol. The van der Waals surface area contributed by atoms with E-state index in [0.717, 1.165) is 16.9 Å². The molecular formula is C19H20O4S. The van der Waals surface area contributed by atoms with Crippen LogP contribution in [-0.2, 0) is 19.7 Å². The van der Waals surface area contributed by atoms with Crippen LogP contribution in [0, 0.1) is 12.3 Å². The number of benzene rings is 2. The van der Waals surface area contributed by atoms with Crippen LogP contribution in [0.1, 0.15) is 13.3 Å². The van der Waals surface area contributed by atoms with Crippen LogP contribution in [0.2, 0.25) is 0 Å². The Morgan fingerprint density at radius 1 is 1.12 bits per heavy atom. The van der Waals surface area contributed by atoms with Crippen molar-refractivity contribution in [3.8, 4) is 29.2 Å². The van der Waals surface area contributed by atoms with Gasteiger partial charge in [-0.1, -0.05) is 61.4 Å². The number of ether oxygens (including phenoxy) is 1. The molecule has 126 valence electrons. The highest BCUT2D eigenvalue weighted by molar-refractivity contribution is 7.75. The van der Waals surface area contributed by atoms with Crippen molar-refractivity contribution < 1.29 is 17.3 Å². The van der Waals surface area contributed by atoms with Crippen LogP contribution in [-0.4, -0.2) is 23.5 Å². The van der Waals surface area contributed by atoms with Gasteiger partial charge >= 0.3 is 11.4 Å². The van der Waals surface area contributed by atoms with Crippen molar-refractivity contribution in [1.29, 1.82) is 0 Å². The van der Waals surface area contributed by atoms with E-state index < -0.39 is 11.4 Å². The molecule has 0 saturated heterocycles. The molecule has 0 amide bonds. The van der Waals surface area contributed by atoms with Gasteiger partial charge in [-0.05, 0) is 18.1 Å². The predicted molar refractivity (Wildman–Crippen MR) is 95.5 cm³/mol. The van der Waals surface area contributed by atoms with Crippen LogP contribution in [0.5, 0.6) is 5.75 Å². The molecule has 2 aromatic rings. The van der Waals surface area contributed by atoms with Gasteiger partial charge in [0.1, 0.15) is 25.1 Å². The Balaban J connectivity index is 2.01. The van der Waals surface area contributed by atoms with E-state index in [2.05, 4.69) is 5.92 Å². The summed E-state index contributed by atoms with van der Waals surface area (Å²) in [5.41, 5.74) is 2.07. The Hall–Kier alpha value is -2.13. The van der Waals surface area contributed by atoms with E-state index in [4.69, 9.17) is 19.5 Å². The van der Waals surface area contributed by atoms with Crippen LogP contribution in [0.4, 0.5) is 0 Å². The van der Waals surface area contributed by atoms with Gasteiger partial charge < -0.3 is 4.74 Å². The maximum absolute atomic E-state index is 11.6. The van der Waals surface area contributed by atoms with E-state index in [1.54, 1.807) is 0 Å². The average Bonchev–Trinajstić information content (AvgIpc) is 2.64. The van der Waals surface area contributed by atoms with Crippen molar-refractivity contribution in [2.45, 2.75) is 19.4 Å². The maximum Gasteiger partial charge on any atom is 0.305 e. The smallest absolute Gasteiger partial charge is 0.305 e. The van der Waals surface area contributed by atoms with E-state index in [1.165, 1.54) is 0 Å². The van der Waals surface area contributed by atoms with Gasteiger partial charge in [-0.15, -0.1) is 6.42 Å². The molecule has 0 N–H and O–H groups in total. The molecule has 0 aliphatic rings. The molecule has 0 aliphatic carbocycles. The first-order valence-corrected chi connectivity index (χ1v) is 8.67. The third-order valence-corrected chi connectivity index (χ3v) is 4.04. The topological polar surface area (TPSA) is 44.8 Å². The first-order valence-electron chi connectivity index (χ1n) is 7.67. The van der Waals surface area contributed by atoms with Crippen molar-refractivity contribution in [2.24, 2.45) is 0 Å². The second kappa shape index (κ2) is 9.89. The largest absolute Gasteiger partial charge is 0.490 e. The Kier molecular flexibility index (Phi) is 7.50. The fourth-order valence-electron chi connectivity index (χ4n) is 2.07. The summed E-state index contributed by atoms with van der Waals surface area (Å²) < 4.78 is 27.6. The molecule has 0 bridgehead atoms. The molecule has 0 radical (unpaired) electrons. The summed E-state index contributed by atoms with van der Waals surface area (Å²) in [6, 6.07) is 17.8.